The molecule has 152 valence electrons. The maximum absolute atomic E-state index is 11.9. The highest BCUT2D eigenvalue weighted by Gasteiger charge is 2.09. The Labute approximate surface area is 177 Å². The van der Waals surface area contributed by atoms with Crippen molar-refractivity contribution in [3.63, 3.8) is 0 Å². The molecule has 0 radical (unpaired) electrons. The summed E-state index contributed by atoms with van der Waals surface area (Å²) in [4.78, 5) is 37.1. The Hall–Kier alpha value is -3.13. The molecule has 0 saturated carbocycles. The van der Waals surface area contributed by atoms with Crippen molar-refractivity contribution in [2.45, 2.75) is 0 Å². The number of anilines is 1. The van der Waals surface area contributed by atoms with Gasteiger partial charge < -0.3 is 19.7 Å². The molecule has 2 rings (SSSR count). The molecule has 0 aliphatic heterocycles. The van der Waals surface area contributed by atoms with Crippen LogP contribution in [0.4, 0.5) is 5.69 Å². The number of carbonyl (C=O) groups excluding carboxylic acids is 3. The predicted molar refractivity (Wildman–Crippen MR) is 114 cm³/mol. The molecular formula is C21H21BrN2O5. The van der Waals surface area contributed by atoms with Crippen molar-refractivity contribution in [3.8, 4) is 5.75 Å². The van der Waals surface area contributed by atoms with E-state index in [2.05, 4.69) is 21.2 Å². The van der Waals surface area contributed by atoms with E-state index in [0.29, 0.717) is 22.6 Å². The summed E-state index contributed by atoms with van der Waals surface area (Å²) in [5, 5.41) is 2.60. The fourth-order valence-electron chi connectivity index (χ4n) is 2.33. The van der Waals surface area contributed by atoms with Gasteiger partial charge in [0.15, 0.2) is 6.61 Å². The van der Waals surface area contributed by atoms with E-state index >= 15 is 0 Å². The normalized spacial score (nSPS) is 10.5. The Balaban J connectivity index is 1.87. The van der Waals surface area contributed by atoms with E-state index in [1.807, 2.05) is 6.07 Å². The van der Waals surface area contributed by atoms with E-state index in [0.717, 1.165) is 4.47 Å². The number of methoxy groups -OCH3 is 1. The standard InChI is InChI=1S/C21H21BrN2O5/c1-24(2)21(27)14-4-8-17(9-5-14)23-19(25)13-29-20(26)11-6-15-12-16(22)7-10-18(15)28-3/h4-12H,13H2,1-3H3,(H,23,25)/b11-6+. The summed E-state index contributed by atoms with van der Waals surface area (Å²) in [5.41, 5.74) is 1.69. The average molecular weight is 461 g/mol. The molecule has 7 nitrogen and oxygen atoms in total. The highest BCUT2D eigenvalue weighted by Crippen LogP contribution is 2.24. The summed E-state index contributed by atoms with van der Waals surface area (Å²) in [6, 6.07) is 11.8. The number of hydrogen-bond acceptors (Lipinski definition) is 5. The minimum Gasteiger partial charge on any atom is -0.496 e. The molecular weight excluding hydrogens is 440 g/mol. The van der Waals surface area contributed by atoms with E-state index in [1.54, 1.807) is 56.6 Å². The Morgan fingerprint density at radius 2 is 1.79 bits per heavy atom. The topological polar surface area (TPSA) is 84.9 Å². The van der Waals surface area contributed by atoms with Crippen LogP contribution in [0.25, 0.3) is 6.08 Å². The lowest BCUT2D eigenvalue weighted by atomic mass is 10.2. The van der Waals surface area contributed by atoms with Crippen LogP contribution in [0.3, 0.4) is 0 Å². The second-order valence-electron chi connectivity index (χ2n) is 6.15. The highest BCUT2D eigenvalue weighted by molar-refractivity contribution is 9.10. The summed E-state index contributed by atoms with van der Waals surface area (Å²) >= 11 is 3.35. The SMILES string of the molecule is COc1ccc(Br)cc1/C=C/C(=O)OCC(=O)Nc1ccc(C(=O)N(C)C)cc1. The number of rotatable bonds is 7. The molecule has 0 saturated heterocycles. The molecule has 1 N–H and O–H groups in total. The van der Waals surface area contributed by atoms with Crippen molar-refractivity contribution in [3.05, 3.63) is 64.1 Å². The van der Waals surface area contributed by atoms with E-state index in [1.165, 1.54) is 18.1 Å². The molecule has 8 heteroatoms. The molecule has 0 spiro atoms. The molecule has 0 unspecified atom stereocenters. The highest BCUT2D eigenvalue weighted by atomic mass is 79.9. The van der Waals surface area contributed by atoms with Gasteiger partial charge in [-0.15, -0.1) is 0 Å². The molecule has 2 aromatic carbocycles. The minimum atomic E-state index is -0.658. The molecule has 0 bridgehead atoms. The van der Waals surface area contributed by atoms with Crippen LogP contribution in [-0.2, 0) is 14.3 Å². The molecule has 29 heavy (non-hydrogen) atoms. The lowest BCUT2D eigenvalue weighted by molar-refractivity contribution is -0.142. The van der Waals surface area contributed by atoms with E-state index in [4.69, 9.17) is 9.47 Å². The van der Waals surface area contributed by atoms with Gasteiger partial charge in [0.25, 0.3) is 11.8 Å². The second kappa shape index (κ2) is 10.4. The van der Waals surface area contributed by atoms with Crippen LogP contribution in [0.2, 0.25) is 0 Å². The van der Waals surface area contributed by atoms with Crippen LogP contribution >= 0.6 is 15.9 Å². The zero-order valence-corrected chi connectivity index (χ0v) is 17.9. The molecule has 2 amide bonds. The van der Waals surface area contributed by atoms with Gasteiger partial charge in [-0.3, -0.25) is 9.59 Å². The monoisotopic (exact) mass is 460 g/mol. The lowest BCUT2D eigenvalue weighted by Crippen LogP contribution is -2.22. The minimum absolute atomic E-state index is 0.134. The summed E-state index contributed by atoms with van der Waals surface area (Å²) in [7, 11) is 4.85. The fourth-order valence-corrected chi connectivity index (χ4v) is 2.71. The first kappa shape index (κ1) is 22.2. The Morgan fingerprint density at radius 3 is 2.41 bits per heavy atom. The van der Waals surface area contributed by atoms with Crippen molar-refractivity contribution < 1.29 is 23.9 Å². The Morgan fingerprint density at radius 1 is 1.10 bits per heavy atom. The summed E-state index contributed by atoms with van der Waals surface area (Å²) < 4.78 is 11.0. The number of nitrogens with zero attached hydrogens (tertiary/aromatic N) is 1. The lowest BCUT2D eigenvalue weighted by Gasteiger charge is -2.11. The van der Waals surface area contributed by atoms with Crippen molar-refractivity contribution in [1.29, 1.82) is 0 Å². The third-order valence-electron chi connectivity index (χ3n) is 3.76. The molecule has 0 fully saturated rings. The van der Waals surface area contributed by atoms with Gasteiger partial charge in [-0.05, 0) is 48.5 Å². The summed E-state index contributed by atoms with van der Waals surface area (Å²) in [6.45, 7) is -0.433. The maximum atomic E-state index is 11.9. The fraction of sp³-hybridized carbons (Fsp3) is 0.190. The average Bonchev–Trinajstić information content (AvgIpc) is 2.70. The number of amides is 2. The third kappa shape index (κ3) is 6.76. The van der Waals surface area contributed by atoms with Gasteiger partial charge in [-0.25, -0.2) is 4.79 Å². The van der Waals surface area contributed by atoms with Crippen LogP contribution in [0.1, 0.15) is 15.9 Å². The second-order valence-corrected chi connectivity index (χ2v) is 7.07. The molecule has 0 aromatic heterocycles. The number of halogens is 1. The van der Waals surface area contributed by atoms with Crippen LogP contribution < -0.4 is 10.1 Å². The summed E-state index contributed by atoms with van der Waals surface area (Å²) in [5.74, 6) is -0.676. The largest absolute Gasteiger partial charge is 0.496 e. The van der Waals surface area contributed by atoms with E-state index in [-0.39, 0.29) is 5.91 Å². The third-order valence-corrected chi connectivity index (χ3v) is 4.25. The zero-order valence-electron chi connectivity index (χ0n) is 16.3. The van der Waals surface area contributed by atoms with E-state index < -0.39 is 18.5 Å². The molecule has 0 atom stereocenters. The van der Waals surface area contributed by atoms with Gasteiger partial charge in [-0.2, -0.15) is 0 Å². The number of carbonyl (C=O) groups is 3. The van der Waals surface area contributed by atoms with Gasteiger partial charge in [0.1, 0.15) is 5.75 Å². The van der Waals surface area contributed by atoms with Crippen LogP contribution in [0.15, 0.2) is 53.0 Å². The van der Waals surface area contributed by atoms with Crippen molar-refractivity contribution >= 4 is 45.5 Å². The number of nitrogens with one attached hydrogen (secondary N) is 1. The van der Waals surface area contributed by atoms with Crippen molar-refractivity contribution in [2.24, 2.45) is 0 Å². The quantitative estimate of drug-likeness (QED) is 0.505. The van der Waals surface area contributed by atoms with Gasteiger partial charge in [-0.1, -0.05) is 15.9 Å². The Bertz CT molecular complexity index is 923. The Kier molecular flexibility index (Phi) is 7.97. The van der Waals surface area contributed by atoms with Gasteiger partial charge >= 0.3 is 5.97 Å². The number of esters is 1. The molecule has 0 heterocycles. The number of benzene rings is 2. The first-order valence-corrected chi connectivity index (χ1v) is 9.39. The smallest absolute Gasteiger partial charge is 0.331 e. The van der Waals surface area contributed by atoms with Crippen LogP contribution in [-0.4, -0.2) is 50.5 Å². The van der Waals surface area contributed by atoms with Gasteiger partial charge in [0, 0.05) is 41.5 Å². The van der Waals surface area contributed by atoms with Gasteiger partial charge in [0.2, 0.25) is 0 Å². The summed E-state index contributed by atoms with van der Waals surface area (Å²) in [6.07, 6.45) is 2.77. The number of hydrogen-bond donors (Lipinski definition) is 1. The first-order valence-electron chi connectivity index (χ1n) is 8.60. The molecule has 0 aliphatic rings. The van der Waals surface area contributed by atoms with Gasteiger partial charge in [0.05, 0.1) is 7.11 Å². The van der Waals surface area contributed by atoms with Crippen molar-refractivity contribution in [2.75, 3.05) is 33.1 Å². The van der Waals surface area contributed by atoms with Crippen molar-refractivity contribution in [1.82, 2.24) is 4.90 Å². The molecule has 0 aliphatic carbocycles. The number of ether oxygens (including phenoxy) is 2. The molecule has 2 aromatic rings. The van der Waals surface area contributed by atoms with Crippen LogP contribution in [0.5, 0.6) is 5.75 Å². The van der Waals surface area contributed by atoms with E-state index in [9.17, 15) is 14.4 Å². The van der Waals surface area contributed by atoms with Crippen LogP contribution in [0, 0.1) is 0 Å². The first-order chi connectivity index (χ1) is 13.8. The zero-order chi connectivity index (χ0) is 21.4. The maximum Gasteiger partial charge on any atom is 0.331 e. The predicted octanol–water partition coefficient (Wildman–Crippen LogP) is 3.35.